The van der Waals surface area contributed by atoms with E-state index in [-0.39, 0.29) is 17.2 Å². The van der Waals surface area contributed by atoms with Gasteiger partial charge in [0.05, 0.1) is 0 Å². The number of hydrogen-bond donors (Lipinski definition) is 0. The fourth-order valence-corrected chi connectivity index (χ4v) is 2.04. The first kappa shape index (κ1) is 14.7. The van der Waals surface area contributed by atoms with Gasteiger partial charge in [-0.3, -0.25) is 18.8 Å². The first-order valence-corrected chi connectivity index (χ1v) is 6.29. The molecule has 0 aliphatic carbocycles. The second kappa shape index (κ2) is 5.21. The summed E-state index contributed by atoms with van der Waals surface area (Å²) in [5, 5.41) is 0. The topological polar surface area (TPSA) is 124 Å². The number of imidazole rings is 1. The van der Waals surface area contributed by atoms with E-state index in [1.807, 2.05) is 0 Å². The SMILES string of the molecule is Cn1c(=O)c2c3nc(n2C)OC(=O)/C=C/C(=O)OOCn3c1=O. The van der Waals surface area contributed by atoms with Crippen molar-refractivity contribution in [3.05, 3.63) is 33.0 Å². The lowest BCUT2D eigenvalue weighted by Crippen LogP contribution is -2.39. The molecule has 2 aromatic rings. The van der Waals surface area contributed by atoms with Crippen molar-refractivity contribution >= 4 is 23.1 Å². The fourth-order valence-electron chi connectivity index (χ4n) is 2.04. The Morgan fingerprint density at radius 1 is 1.04 bits per heavy atom. The van der Waals surface area contributed by atoms with Gasteiger partial charge in [0, 0.05) is 26.2 Å². The molecule has 2 aromatic heterocycles. The number of carbonyl (C=O) groups is 2. The Bertz CT molecular complexity index is 978. The van der Waals surface area contributed by atoms with Crippen LogP contribution in [-0.2, 0) is 40.2 Å². The van der Waals surface area contributed by atoms with E-state index in [2.05, 4.69) is 14.8 Å². The summed E-state index contributed by atoms with van der Waals surface area (Å²) in [6, 6.07) is -0.208. The summed E-state index contributed by atoms with van der Waals surface area (Å²) in [5.74, 6) is -1.88. The molecule has 3 heterocycles. The predicted octanol–water partition coefficient (Wildman–Crippen LogP) is -1.66. The smallest absolute Gasteiger partial charge is 0.366 e. The van der Waals surface area contributed by atoms with Crippen LogP contribution in [0.4, 0.5) is 0 Å². The van der Waals surface area contributed by atoms with Gasteiger partial charge in [0.2, 0.25) is 0 Å². The molecule has 23 heavy (non-hydrogen) atoms. The minimum Gasteiger partial charge on any atom is -0.389 e. The minimum atomic E-state index is -0.965. The third kappa shape index (κ3) is 2.32. The number of rotatable bonds is 0. The monoisotopic (exact) mass is 322 g/mol. The van der Waals surface area contributed by atoms with Crippen molar-refractivity contribution in [3.8, 4) is 6.01 Å². The maximum absolute atomic E-state index is 12.2. The molecule has 0 saturated carbocycles. The molecule has 1 aliphatic rings. The lowest BCUT2D eigenvalue weighted by Gasteiger charge is -2.08. The van der Waals surface area contributed by atoms with Crippen molar-refractivity contribution in [1.82, 2.24) is 18.7 Å². The van der Waals surface area contributed by atoms with Gasteiger partial charge in [-0.25, -0.2) is 19.0 Å². The van der Waals surface area contributed by atoms with E-state index in [9.17, 15) is 19.2 Å². The Hall–Kier alpha value is -3.21. The first-order valence-electron chi connectivity index (χ1n) is 6.29. The van der Waals surface area contributed by atoms with Crippen LogP contribution in [0, 0.1) is 0 Å². The lowest BCUT2D eigenvalue weighted by atomic mass is 10.5. The highest BCUT2D eigenvalue weighted by Crippen LogP contribution is 2.16. The molecule has 2 bridgehead atoms. The maximum atomic E-state index is 12.2. The minimum absolute atomic E-state index is 0.0213. The molecule has 0 radical (unpaired) electrons. The molecule has 11 heteroatoms. The third-order valence-electron chi connectivity index (χ3n) is 3.19. The number of ether oxygens (including phenoxy) is 1. The van der Waals surface area contributed by atoms with Crippen molar-refractivity contribution in [2.24, 2.45) is 14.1 Å². The number of nitrogens with zero attached hydrogens (tertiary/aromatic N) is 4. The van der Waals surface area contributed by atoms with Gasteiger partial charge in [0.15, 0.2) is 17.9 Å². The zero-order chi connectivity index (χ0) is 16.7. The highest BCUT2D eigenvalue weighted by molar-refractivity contribution is 5.92. The Kier molecular flexibility index (Phi) is 3.33. The van der Waals surface area contributed by atoms with Gasteiger partial charge in [-0.2, -0.15) is 9.87 Å². The molecule has 0 aromatic carbocycles. The van der Waals surface area contributed by atoms with Gasteiger partial charge in [-0.15, -0.1) is 0 Å². The summed E-state index contributed by atoms with van der Waals surface area (Å²) >= 11 is 0. The normalized spacial score (nSPS) is 16.6. The summed E-state index contributed by atoms with van der Waals surface area (Å²) in [6.07, 6.45) is 1.61. The molecule has 0 saturated heterocycles. The van der Waals surface area contributed by atoms with E-state index in [1.165, 1.54) is 18.7 Å². The van der Waals surface area contributed by atoms with Crippen LogP contribution in [0.3, 0.4) is 0 Å². The van der Waals surface area contributed by atoms with E-state index < -0.39 is 29.9 Å². The van der Waals surface area contributed by atoms with Crippen LogP contribution in [0.1, 0.15) is 0 Å². The summed E-state index contributed by atoms with van der Waals surface area (Å²) in [6.45, 7) is -0.493. The molecule has 0 fully saturated rings. The first-order chi connectivity index (χ1) is 10.9. The lowest BCUT2D eigenvalue weighted by molar-refractivity contribution is -0.286. The van der Waals surface area contributed by atoms with Crippen molar-refractivity contribution in [1.29, 1.82) is 0 Å². The maximum Gasteiger partial charge on any atom is 0.366 e. The second-order valence-corrected chi connectivity index (χ2v) is 4.60. The molecule has 11 nitrogen and oxygen atoms in total. The molecule has 0 N–H and O–H groups in total. The molecule has 1 aliphatic heterocycles. The molecular weight excluding hydrogens is 312 g/mol. The average Bonchev–Trinajstić information content (AvgIpc) is 2.82. The Labute approximate surface area is 126 Å². The number of aryl methyl sites for hydroxylation is 1. The van der Waals surface area contributed by atoms with Crippen LogP contribution in [0.25, 0.3) is 11.2 Å². The van der Waals surface area contributed by atoms with Crippen LogP contribution >= 0.6 is 0 Å². The Morgan fingerprint density at radius 2 is 1.74 bits per heavy atom. The second-order valence-electron chi connectivity index (χ2n) is 4.60. The number of fused-ring (bicyclic) bond motifs is 1. The van der Waals surface area contributed by atoms with Gasteiger partial charge in [-0.1, -0.05) is 0 Å². The van der Waals surface area contributed by atoms with E-state index in [1.54, 1.807) is 0 Å². The van der Waals surface area contributed by atoms with Crippen LogP contribution in [0.5, 0.6) is 6.01 Å². The highest BCUT2D eigenvalue weighted by Gasteiger charge is 2.21. The molecule has 0 unspecified atom stereocenters. The number of carbonyl (C=O) groups excluding carboxylic acids is 2. The number of esters is 1. The molecule has 0 amide bonds. The van der Waals surface area contributed by atoms with E-state index >= 15 is 0 Å². The van der Waals surface area contributed by atoms with Gasteiger partial charge >= 0.3 is 23.6 Å². The average molecular weight is 322 g/mol. The molecule has 120 valence electrons. The highest BCUT2D eigenvalue weighted by atomic mass is 17.2. The van der Waals surface area contributed by atoms with Crippen LogP contribution < -0.4 is 16.0 Å². The molecule has 0 spiro atoms. The van der Waals surface area contributed by atoms with Gasteiger partial charge < -0.3 is 4.74 Å². The summed E-state index contributed by atoms with van der Waals surface area (Å²) in [5.41, 5.74) is -1.40. The van der Waals surface area contributed by atoms with Crippen LogP contribution in [0.15, 0.2) is 21.7 Å². The molecular formula is C12H10N4O7. The standard InChI is InChI=1S/C12H10N4O7/c1-14-8-9-13-11(14)22-6(17)3-4-7(18)23-21-5-16(9)12(20)15(2)10(8)19/h3-4H,5H2,1-2H3/b4-3+. The Morgan fingerprint density at radius 3 is 2.48 bits per heavy atom. The fraction of sp³-hybridized carbons (Fsp3) is 0.250. The van der Waals surface area contributed by atoms with Gasteiger partial charge in [0.1, 0.15) is 0 Å². The predicted molar refractivity (Wildman–Crippen MR) is 72.2 cm³/mol. The van der Waals surface area contributed by atoms with Gasteiger partial charge in [0.25, 0.3) is 5.56 Å². The largest absolute Gasteiger partial charge is 0.389 e. The zero-order valence-corrected chi connectivity index (χ0v) is 12.0. The number of hydrogen-bond acceptors (Lipinski definition) is 8. The summed E-state index contributed by atoms with van der Waals surface area (Å²) < 4.78 is 7.97. The van der Waals surface area contributed by atoms with Gasteiger partial charge in [-0.05, 0) is 0 Å². The summed E-state index contributed by atoms with van der Waals surface area (Å²) in [4.78, 5) is 60.4. The van der Waals surface area contributed by atoms with Crippen LogP contribution in [-0.4, -0.2) is 30.6 Å². The Balaban J connectivity index is 2.32. The van der Waals surface area contributed by atoms with Crippen molar-refractivity contribution in [2.75, 3.05) is 0 Å². The van der Waals surface area contributed by atoms with Crippen molar-refractivity contribution < 1.29 is 24.1 Å². The van der Waals surface area contributed by atoms with E-state index in [0.29, 0.717) is 0 Å². The number of aromatic nitrogens is 4. The third-order valence-corrected chi connectivity index (χ3v) is 3.19. The summed E-state index contributed by atoms with van der Waals surface area (Å²) in [7, 11) is 2.71. The van der Waals surface area contributed by atoms with Crippen molar-refractivity contribution in [3.63, 3.8) is 0 Å². The van der Waals surface area contributed by atoms with E-state index in [4.69, 9.17) is 4.74 Å². The zero-order valence-electron chi connectivity index (χ0n) is 12.0. The van der Waals surface area contributed by atoms with Crippen LogP contribution in [0.2, 0.25) is 0 Å². The quantitative estimate of drug-likeness (QED) is 0.417. The van der Waals surface area contributed by atoms with Crippen molar-refractivity contribution in [2.45, 2.75) is 6.73 Å². The molecule has 3 rings (SSSR count). The molecule has 0 atom stereocenters. The van der Waals surface area contributed by atoms with E-state index in [0.717, 1.165) is 21.3 Å².